The predicted octanol–water partition coefficient (Wildman–Crippen LogP) is 0.298. The van der Waals surface area contributed by atoms with E-state index in [1.807, 2.05) is 20.8 Å². The lowest BCUT2D eigenvalue weighted by atomic mass is 10.1. The van der Waals surface area contributed by atoms with Crippen molar-refractivity contribution in [1.29, 1.82) is 0 Å². The zero-order valence-corrected chi connectivity index (χ0v) is 8.42. The van der Waals surface area contributed by atoms with Gasteiger partial charge in [-0.25, -0.2) is 5.10 Å². The van der Waals surface area contributed by atoms with Crippen molar-refractivity contribution in [2.45, 2.75) is 26.3 Å². The third kappa shape index (κ3) is 2.69. The molecule has 0 bridgehead atoms. The molecule has 1 amide bonds. The van der Waals surface area contributed by atoms with Crippen molar-refractivity contribution in [1.82, 2.24) is 15.5 Å². The molecule has 2 N–H and O–H groups in total. The minimum Gasteiger partial charge on any atom is -0.347 e. The molecule has 0 radical (unpaired) electrons. The lowest BCUT2D eigenvalue weighted by Crippen LogP contribution is -2.42. The SMILES string of the molecule is CC(C)(C)NC(=O)c1ccn[nH]c1=O. The second-order valence-corrected chi connectivity index (χ2v) is 4.00. The first kappa shape index (κ1) is 10.4. The fraction of sp³-hybridized carbons (Fsp3) is 0.444. The molecule has 1 aromatic rings. The van der Waals surface area contributed by atoms with Crippen LogP contribution in [0, 0.1) is 0 Å². The van der Waals surface area contributed by atoms with Crippen LogP contribution in [0.5, 0.6) is 0 Å². The van der Waals surface area contributed by atoms with Crippen molar-refractivity contribution in [2.24, 2.45) is 0 Å². The van der Waals surface area contributed by atoms with E-state index in [1.54, 1.807) is 0 Å². The maximum atomic E-state index is 11.5. The van der Waals surface area contributed by atoms with E-state index in [9.17, 15) is 9.59 Å². The Morgan fingerprint density at radius 1 is 1.50 bits per heavy atom. The van der Waals surface area contributed by atoms with Gasteiger partial charge in [-0.2, -0.15) is 5.10 Å². The quantitative estimate of drug-likeness (QED) is 0.676. The van der Waals surface area contributed by atoms with E-state index in [0.717, 1.165) is 0 Å². The van der Waals surface area contributed by atoms with Gasteiger partial charge in [-0.1, -0.05) is 0 Å². The number of carbonyl (C=O) groups excluding carboxylic acids is 1. The standard InChI is InChI=1S/C9H13N3O2/c1-9(2,3)11-7(13)6-4-5-10-12-8(6)14/h4-5H,1-3H3,(H,11,13)(H,12,14). The van der Waals surface area contributed by atoms with Crippen LogP contribution in [-0.2, 0) is 0 Å². The second-order valence-electron chi connectivity index (χ2n) is 4.00. The molecule has 5 heteroatoms. The zero-order valence-electron chi connectivity index (χ0n) is 8.42. The van der Waals surface area contributed by atoms with Gasteiger partial charge < -0.3 is 5.32 Å². The number of nitrogens with zero attached hydrogens (tertiary/aromatic N) is 1. The summed E-state index contributed by atoms with van der Waals surface area (Å²) < 4.78 is 0. The summed E-state index contributed by atoms with van der Waals surface area (Å²) in [7, 11) is 0. The van der Waals surface area contributed by atoms with Crippen LogP contribution in [0.25, 0.3) is 0 Å². The Morgan fingerprint density at radius 2 is 2.14 bits per heavy atom. The van der Waals surface area contributed by atoms with E-state index >= 15 is 0 Å². The number of rotatable bonds is 1. The highest BCUT2D eigenvalue weighted by Crippen LogP contribution is 2.00. The van der Waals surface area contributed by atoms with Crippen LogP contribution in [0.15, 0.2) is 17.1 Å². The van der Waals surface area contributed by atoms with Gasteiger partial charge in [0.15, 0.2) is 0 Å². The Balaban J connectivity index is 2.92. The number of amides is 1. The van der Waals surface area contributed by atoms with Crippen LogP contribution < -0.4 is 10.9 Å². The molecular formula is C9H13N3O2. The summed E-state index contributed by atoms with van der Waals surface area (Å²) in [5, 5.41) is 8.40. The van der Waals surface area contributed by atoms with E-state index in [2.05, 4.69) is 15.5 Å². The molecule has 0 aliphatic heterocycles. The van der Waals surface area contributed by atoms with Gasteiger partial charge >= 0.3 is 0 Å². The summed E-state index contributed by atoms with van der Waals surface area (Å²) in [5.74, 6) is -0.388. The number of carbonyl (C=O) groups is 1. The number of nitrogens with one attached hydrogen (secondary N) is 2. The van der Waals surface area contributed by atoms with Gasteiger partial charge in [0, 0.05) is 11.7 Å². The molecule has 1 rings (SSSR count). The Bertz CT molecular complexity index is 390. The molecule has 1 aromatic heterocycles. The zero-order chi connectivity index (χ0) is 10.8. The smallest absolute Gasteiger partial charge is 0.277 e. The molecule has 14 heavy (non-hydrogen) atoms. The Labute approximate surface area is 81.5 Å². The van der Waals surface area contributed by atoms with Crippen LogP contribution in [0.2, 0.25) is 0 Å². The topological polar surface area (TPSA) is 74.8 Å². The number of hydrogen-bond donors (Lipinski definition) is 2. The largest absolute Gasteiger partial charge is 0.347 e. The Morgan fingerprint density at radius 3 is 2.64 bits per heavy atom. The van der Waals surface area contributed by atoms with Crippen molar-refractivity contribution in [3.05, 3.63) is 28.2 Å². The molecule has 0 aromatic carbocycles. The minimum absolute atomic E-state index is 0.0786. The normalized spacial score (nSPS) is 11.1. The molecule has 0 saturated carbocycles. The molecule has 1 heterocycles. The molecule has 0 saturated heterocycles. The number of H-pyrrole nitrogens is 1. The highest BCUT2D eigenvalue weighted by atomic mass is 16.2. The Hall–Kier alpha value is -1.65. The summed E-state index contributed by atoms with van der Waals surface area (Å²) in [5.41, 5.74) is -0.753. The fourth-order valence-electron chi connectivity index (χ4n) is 0.930. The highest BCUT2D eigenvalue weighted by molar-refractivity contribution is 5.94. The van der Waals surface area contributed by atoms with Crippen molar-refractivity contribution < 1.29 is 4.79 Å². The van der Waals surface area contributed by atoms with Gasteiger partial charge in [-0.3, -0.25) is 9.59 Å². The summed E-state index contributed by atoms with van der Waals surface area (Å²) in [6.45, 7) is 5.54. The summed E-state index contributed by atoms with van der Waals surface area (Å²) in [6, 6.07) is 1.39. The second kappa shape index (κ2) is 3.61. The van der Waals surface area contributed by atoms with Crippen LogP contribution in [0.3, 0.4) is 0 Å². The molecule has 0 spiro atoms. The first-order valence-corrected chi connectivity index (χ1v) is 4.26. The van der Waals surface area contributed by atoms with Crippen LogP contribution in [-0.4, -0.2) is 21.6 Å². The third-order valence-corrected chi connectivity index (χ3v) is 1.46. The number of hydrogen-bond acceptors (Lipinski definition) is 3. The maximum Gasteiger partial charge on any atom is 0.277 e. The van der Waals surface area contributed by atoms with Gasteiger partial charge in [0.05, 0.1) is 0 Å². The van der Waals surface area contributed by atoms with Crippen LogP contribution >= 0.6 is 0 Å². The van der Waals surface area contributed by atoms with Gasteiger partial charge in [0.2, 0.25) is 0 Å². The maximum absolute atomic E-state index is 11.5. The monoisotopic (exact) mass is 195 g/mol. The van der Waals surface area contributed by atoms with E-state index in [4.69, 9.17) is 0 Å². The highest BCUT2D eigenvalue weighted by Gasteiger charge is 2.17. The summed E-state index contributed by atoms with van der Waals surface area (Å²) >= 11 is 0. The van der Waals surface area contributed by atoms with Gasteiger partial charge in [0.25, 0.3) is 11.5 Å². The lowest BCUT2D eigenvalue weighted by molar-refractivity contribution is 0.0917. The summed E-state index contributed by atoms with van der Waals surface area (Å²) in [6.07, 6.45) is 1.37. The lowest BCUT2D eigenvalue weighted by Gasteiger charge is -2.19. The van der Waals surface area contributed by atoms with Gasteiger partial charge in [-0.15, -0.1) is 0 Å². The molecule has 0 atom stereocenters. The van der Waals surface area contributed by atoms with Crippen LogP contribution in [0.4, 0.5) is 0 Å². The van der Waals surface area contributed by atoms with Crippen LogP contribution in [0.1, 0.15) is 31.1 Å². The molecule has 76 valence electrons. The summed E-state index contributed by atoms with van der Waals surface area (Å²) in [4.78, 5) is 22.7. The van der Waals surface area contributed by atoms with E-state index in [1.165, 1.54) is 12.3 Å². The van der Waals surface area contributed by atoms with Crippen molar-refractivity contribution in [3.63, 3.8) is 0 Å². The molecule has 0 aliphatic rings. The van der Waals surface area contributed by atoms with Crippen molar-refractivity contribution >= 4 is 5.91 Å². The van der Waals surface area contributed by atoms with E-state index in [-0.39, 0.29) is 17.0 Å². The third-order valence-electron chi connectivity index (χ3n) is 1.46. The molecule has 0 aliphatic carbocycles. The van der Waals surface area contributed by atoms with E-state index < -0.39 is 5.56 Å². The Kier molecular flexibility index (Phi) is 2.69. The van der Waals surface area contributed by atoms with Gasteiger partial charge in [-0.05, 0) is 26.8 Å². The molecule has 5 nitrogen and oxygen atoms in total. The fourth-order valence-corrected chi connectivity index (χ4v) is 0.930. The molecule has 0 fully saturated rings. The molecular weight excluding hydrogens is 182 g/mol. The van der Waals surface area contributed by atoms with Crippen molar-refractivity contribution in [2.75, 3.05) is 0 Å². The molecule has 0 unspecified atom stereocenters. The first-order valence-electron chi connectivity index (χ1n) is 4.26. The number of aromatic nitrogens is 2. The number of aromatic amines is 1. The van der Waals surface area contributed by atoms with Gasteiger partial charge in [0.1, 0.15) is 5.56 Å². The van der Waals surface area contributed by atoms with Crippen molar-refractivity contribution in [3.8, 4) is 0 Å². The predicted molar refractivity (Wildman–Crippen MR) is 52.1 cm³/mol. The first-order chi connectivity index (χ1) is 6.40. The van der Waals surface area contributed by atoms with E-state index in [0.29, 0.717) is 0 Å². The average Bonchev–Trinajstić information content (AvgIpc) is 2.01. The minimum atomic E-state index is -0.478. The average molecular weight is 195 g/mol.